The van der Waals surface area contributed by atoms with Gasteiger partial charge in [0.25, 0.3) is 0 Å². The van der Waals surface area contributed by atoms with Crippen LogP contribution in [0.15, 0.2) is 90.6 Å². The maximum Gasteiger partial charge on any atom is 0.143 e. The summed E-state index contributed by atoms with van der Waals surface area (Å²) in [6.07, 6.45) is 4.21. The number of benzene rings is 3. The summed E-state index contributed by atoms with van der Waals surface area (Å²) in [5.74, 6) is 0.845. The van der Waals surface area contributed by atoms with Crippen LogP contribution in [0.2, 0.25) is 0 Å². The molecule has 0 spiro atoms. The third kappa shape index (κ3) is 3.96. The van der Waals surface area contributed by atoms with Gasteiger partial charge >= 0.3 is 0 Å². The molecule has 0 bridgehead atoms. The molecule has 5 aromatic rings. The van der Waals surface area contributed by atoms with Crippen molar-refractivity contribution in [1.82, 2.24) is 9.97 Å². The molecule has 0 radical (unpaired) electrons. The molecule has 2 aromatic heterocycles. The minimum atomic E-state index is 0.845. The zero-order chi connectivity index (χ0) is 22.0. The molecule has 0 saturated carbocycles. The average molecular weight is 449 g/mol. The Labute approximate surface area is 197 Å². The highest BCUT2D eigenvalue weighted by molar-refractivity contribution is 7.17. The maximum atomic E-state index is 4.60. The summed E-state index contributed by atoms with van der Waals surface area (Å²) in [4.78, 5) is 12.6. The van der Waals surface area contributed by atoms with E-state index in [-0.39, 0.29) is 0 Å². The van der Waals surface area contributed by atoms with Gasteiger partial charge in [0, 0.05) is 35.4 Å². The highest BCUT2D eigenvalue weighted by Crippen LogP contribution is 2.38. The third-order valence-electron chi connectivity index (χ3n) is 6.27. The predicted molar refractivity (Wildman–Crippen MR) is 139 cm³/mol. The van der Waals surface area contributed by atoms with Crippen molar-refractivity contribution < 1.29 is 0 Å². The Morgan fingerprint density at radius 3 is 2.18 bits per heavy atom. The van der Waals surface area contributed by atoms with Crippen molar-refractivity contribution in [2.24, 2.45) is 0 Å². The molecule has 1 aliphatic heterocycles. The second-order valence-corrected chi connectivity index (χ2v) is 9.22. The highest BCUT2D eigenvalue weighted by Gasteiger charge is 2.15. The lowest BCUT2D eigenvalue weighted by molar-refractivity contribution is 0.949. The molecule has 0 amide bonds. The number of rotatable bonds is 5. The zero-order valence-electron chi connectivity index (χ0n) is 18.2. The summed E-state index contributed by atoms with van der Waals surface area (Å²) >= 11 is 1.66. The van der Waals surface area contributed by atoms with E-state index in [1.807, 2.05) is 6.07 Å². The molecule has 4 nitrogen and oxygen atoms in total. The van der Waals surface area contributed by atoms with E-state index in [9.17, 15) is 0 Å². The summed E-state index contributed by atoms with van der Waals surface area (Å²) in [6.45, 7) is 2.31. The van der Waals surface area contributed by atoms with Crippen molar-refractivity contribution in [3.8, 4) is 22.3 Å². The molecule has 33 heavy (non-hydrogen) atoms. The molecular weight excluding hydrogens is 424 g/mol. The fourth-order valence-electron chi connectivity index (χ4n) is 4.52. The van der Waals surface area contributed by atoms with Crippen LogP contribution in [0.1, 0.15) is 12.8 Å². The number of anilines is 3. The molecule has 1 aliphatic rings. The quantitative estimate of drug-likeness (QED) is 0.305. The highest BCUT2D eigenvalue weighted by atomic mass is 32.1. The van der Waals surface area contributed by atoms with E-state index in [1.165, 1.54) is 35.2 Å². The van der Waals surface area contributed by atoms with Crippen LogP contribution in [-0.4, -0.2) is 23.1 Å². The van der Waals surface area contributed by atoms with Crippen molar-refractivity contribution >= 4 is 38.7 Å². The van der Waals surface area contributed by atoms with Gasteiger partial charge in [0.05, 0.1) is 5.39 Å². The Balaban J connectivity index is 1.31. The van der Waals surface area contributed by atoms with Gasteiger partial charge in [-0.2, -0.15) is 0 Å². The third-order valence-corrected chi connectivity index (χ3v) is 7.16. The molecule has 1 saturated heterocycles. The molecule has 0 unspecified atom stereocenters. The van der Waals surface area contributed by atoms with E-state index in [4.69, 9.17) is 0 Å². The van der Waals surface area contributed by atoms with Crippen molar-refractivity contribution in [2.45, 2.75) is 12.8 Å². The van der Waals surface area contributed by atoms with E-state index < -0.39 is 0 Å². The van der Waals surface area contributed by atoms with Crippen LogP contribution in [-0.2, 0) is 0 Å². The van der Waals surface area contributed by atoms with Gasteiger partial charge in [0.2, 0.25) is 0 Å². The van der Waals surface area contributed by atoms with Gasteiger partial charge in [-0.05, 0) is 53.8 Å². The molecule has 3 heterocycles. The fraction of sp³-hybridized carbons (Fsp3) is 0.143. The Morgan fingerprint density at radius 1 is 0.727 bits per heavy atom. The van der Waals surface area contributed by atoms with Gasteiger partial charge in [-0.3, -0.25) is 0 Å². The lowest BCUT2D eigenvalue weighted by Crippen LogP contribution is -2.17. The summed E-state index contributed by atoms with van der Waals surface area (Å²) in [5.41, 5.74) is 7.10. The topological polar surface area (TPSA) is 41.1 Å². The number of hydrogen-bond donors (Lipinski definition) is 1. The van der Waals surface area contributed by atoms with Gasteiger partial charge < -0.3 is 10.2 Å². The molecule has 0 atom stereocenters. The summed E-state index contributed by atoms with van der Waals surface area (Å²) in [5, 5.41) is 6.78. The fourth-order valence-corrected chi connectivity index (χ4v) is 5.44. The summed E-state index contributed by atoms with van der Waals surface area (Å²) in [6, 6.07) is 27.9. The Hall–Kier alpha value is -3.70. The van der Waals surface area contributed by atoms with Gasteiger partial charge in [0.15, 0.2) is 0 Å². The number of aromatic nitrogens is 2. The molecule has 1 N–H and O–H groups in total. The first-order valence-electron chi connectivity index (χ1n) is 11.4. The molecule has 1 fully saturated rings. The number of hydrogen-bond acceptors (Lipinski definition) is 5. The average Bonchev–Trinajstić information content (AvgIpc) is 3.56. The Bertz CT molecular complexity index is 1370. The first-order chi connectivity index (χ1) is 16.3. The lowest BCUT2D eigenvalue weighted by Gasteiger charge is -2.18. The van der Waals surface area contributed by atoms with Crippen molar-refractivity contribution in [3.05, 3.63) is 90.6 Å². The molecular formula is C28H24N4S. The molecule has 162 valence electrons. The van der Waals surface area contributed by atoms with Crippen molar-refractivity contribution in [1.29, 1.82) is 0 Å². The Kier molecular flexibility index (Phi) is 5.25. The second-order valence-electron chi connectivity index (χ2n) is 8.36. The first kappa shape index (κ1) is 19.9. The maximum absolute atomic E-state index is 4.60. The molecule has 6 rings (SSSR count). The molecule has 5 heteroatoms. The van der Waals surface area contributed by atoms with Crippen LogP contribution >= 0.6 is 11.3 Å². The SMILES string of the molecule is c1ccc(-c2ccc(-c3csc4ncnc(Nc5ccc(N6CCCC6)cc5)c34)cc2)cc1. The van der Waals surface area contributed by atoms with Gasteiger partial charge in [-0.25, -0.2) is 9.97 Å². The van der Waals surface area contributed by atoms with Gasteiger partial charge in [-0.1, -0.05) is 54.6 Å². The van der Waals surface area contributed by atoms with Crippen LogP contribution in [0.25, 0.3) is 32.5 Å². The van der Waals surface area contributed by atoms with E-state index in [0.29, 0.717) is 0 Å². The van der Waals surface area contributed by atoms with Gasteiger partial charge in [-0.15, -0.1) is 11.3 Å². The number of fused-ring (bicyclic) bond motifs is 1. The Morgan fingerprint density at radius 2 is 1.42 bits per heavy atom. The number of nitrogens with one attached hydrogen (secondary N) is 1. The largest absolute Gasteiger partial charge is 0.372 e. The second kappa shape index (κ2) is 8.68. The van der Waals surface area contributed by atoms with Crippen LogP contribution in [0.5, 0.6) is 0 Å². The van der Waals surface area contributed by atoms with E-state index in [2.05, 4.69) is 98.4 Å². The van der Waals surface area contributed by atoms with Crippen LogP contribution in [0.3, 0.4) is 0 Å². The van der Waals surface area contributed by atoms with Crippen LogP contribution in [0, 0.1) is 0 Å². The van der Waals surface area contributed by atoms with Crippen LogP contribution in [0.4, 0.5) is 17.2 Å². The number of nitrogens with zero attached hydrogens (tertiary/aromatic N) is 3. The zero-order valence-corrected chi connectivity index (χ0v) is 19.1. The normalized spacial score (nSPS) is 13.5. The van der Waals surface area contributed by atoms with Crippen molar-refractivity contribution in [3.63, 3.8) is 0 Å². The molecule has 3 aromatic carbocycles. The summed E-state index contributed by atoms with van der Waals surface area (Å²) < 4.78 is 0. The monoisotopic (exact) mass is 448 g/mol. The first-order valence-corrected chi connectivity index (χ1v) is 12.2. The molecule has 0 aliphatic carbocycles. The van der Waals surface area contributed by atoms with E-state index in [1.54, 1.807) is 17.7 Å². The lowest BCUT2D eigenvalue weighted by atomic mass is 10.0. The predicted octanol–water partition coefficient (Wildman–Crippen LogP) is 7.37. The minimum Gasteiger partial charge on any atom is -0.372 e. The van der Waals surface area contributed by atoms with E-state index >= 15 is 0 Å². The summed E-state index contributed by atoms with van der Waals surface area (Å²) in [7, 11) is 0. The number of thiophene rings is 1. The standard InChI is InChI=1S/C28H24N4S/c1-2-6-20(7-3-1)21-8-10-22(11-9-21)25-18-33-28-26(25)27(29-19-30-28)31-23-12-14-24(15-13-23)32-16-4-5-17-32/h1-3,6-15,18-19H,4-5,16-17H2,(H,29,30,31). The van der Waals surface area contributed by atoms with E-state index in [0.717, 1.165) is 40.4 Å². The van der Waals surface area contributed by atoms with Crippen molar-refractivity contribution in [2.75, 3.05) is 23.3 Å². The van der Waals surface area contributed by atoms with Gasteiger partial charge in [0.1, 0.15) is 17.0 Å². The minimum absolute atomic E-state index is 0.845. The smallest absolute Gasteiger partial charge is 0.143 e. The van der Waals surface area contributed by atoms with Crippen LogP contribution < -0.4 is 10.2 Å².